The molecule has 1 aliphatic heterocycles. The predicted octanol–water partition coefficient (Wildman–Crippen LogP) is 2.15. The van der Waals surface area contributed by atoms with Crippen LogP contribution in [-0.2, 0) is 4.84 Å². The summed E-state index contributed by atoms with van der Waals surface area (Å²) in [5.74, 6) is -0.204. The molecule has 2 heterocycles. The van der Waals surface area contributed by atoms with Crippen molar-refractivity contribution in [2.45, 2.75) is 38.8 Å². The van der Waals surface area contributed by atoms with Crippen molar-refractivity contribution in [2.24, 2.45) is 5.28 Å². The molecule has 10 nitrogen and oxygen atoms in total. The van der Waals surface area contributed by atoms with Crippen LogP contribution in [0.3, 0.4) is 0 Å². The Kier molecular flexibility index (Phi) is 5.06. The normalized spacial score (nSPS) is 18.0. The maximum atomic E-state index is 12.0. The van der Waals surface area contributed by atoms with Gasteiger partial charge >= 0.3 is 5.76 Å². The summed E-state index contributed by atoms with van der Waals surface area (Å²) in [7, 11) is 1.67. The molecule has 2 aromatic rings. The molecule has 10 heteroatoms. The molecule has 0 saturated carbocycles. The first-order valence-corrected chi connectivity index (χ1v) is 8.73. The highest BCUT2D eigenvalue weighted by molar-refractivity contribution is 5.63. The third-order valence-electron chi connectivity index (χ3n) is 4.56. The van der Waals surface area contributed by atoms with Crippen LogP contribution in [0.4, 0.5) is 5.69 Å². The number of aromatic nitrogens is 2. The SMILES string of the molecule is CN(/[N+]([O-])=N/O[C@@H]1CCN(c2cccc(-c3noc(=O)[nH]3)c2)C1)C(C)(C)C. The summed E-state index contributed by atoms with van der Waals surface area (Å²) in [4.78, 5) is 21.7. The second-order valence-corrected chi connectivity index (χ2v) is 7.48. The minimum atomic E-state index is -0.589. The number of nitrogens with one attached hydrogen (secondary N) is 1. The number of H-pyrrole nitrogens is 1. The first-order valence-electron chi connectivity index (χ1n) is 8.73. The molecule has 0 bridgehead atoms. The molecule has 1 saturated heterocycles. The molecular formula is C17H24N6O4. The summed E-state index contributed by atoms with van der Waals surface area (Å²) in [5, 5.41) is 20.8. The van der Waals surface area contributed by atoms with Crippen LogP contribution < -0.4 is 10.7 Å². The smallest absolute Gasteiger partial charge is 0.439 e. The van der Waals surface area contributed by atoms with Gasteiger partial charge in [-0.15, -0.1) is 5.01 Å². The molecule has 0 unspecified atom stereocenters. The summed E-state index contributed by atoms with van der Waals surface area (Å²) in [5.41, 5.74) is 1.37. The van der Waals surface area contributed by atoms with Crippen LogP contribution in [0.1, 0.15) is 27.2 Å². The Labute approximate surface area is 156 Å². The zero-order valence-electron chi connectivity index (χ0n) is 15.9. The molecule has 1 atom stereocenters. The Morgan fingerprint density at radius 2 is 2.26 bits per heavy atom. The van der Waals surface area contributed by atoms with Crippen molar-refractivity contribution in [3.8, 4) is 11.4 Å². The number of hydrogen-bond donors (Lipinski definition) is 1. The molecular weight excluding hydrogens is 352 g/mol. The third-order valence-corrected chi connectivity index (χ3v) is 4.56. The molecule has 0 amide bonds. The minimum absolute atomic E-state index is 0.176. The van der Waals surface area contributed by atoms with Crippen molar-refractivity contribution >= 4 is 5.69 Å². The molecule has 0 aliphatic carbocycles. The van der Waals surface area contributed by atoms with E-state index in [9.17, 15) is 10.0 Å². The van der Waals surface area contributed by atoms with Gasteiger partial charge in [-0.1, -0.05) is 17.3 Å². The van der Waals surface area contributed by atoms with Gasteiger partial charge in [-0.05, 0) is 32.9 Å². The Morgan fingerprint density at radius 3 is 2.93 bits per heavy atom. The van der Waals surface area contributed by atoms with E-state index in [1.807, 2.05) is 45.0 Å². The highest BCUT2D eigenvalue weighted by Crippen LogP contribution is 2.26. The lowest BCUT2D eigenvalue weighted by Gasteiger charge is -2.26. The van der Waals surface area contributed by atoms with E-state index >= 15 is 0 Å². The van der Waals surface area contributed by atoms with Crippen molar-refractivity contribution in [2.75, 3.05) is 25.0 Å². The van der Waals surface area contributed by atoms with E-state index in [1.54, 1.807) is 7.05 Å². The average molecular weight is 376 g/mol. The van der Waals surface area contributed by atoms with Crippen LogP contribution in [0.2, 0.25) is 0 Å². The van der Waals surface area contributed by atoms with Crippen molar-refractivity contribution in [3.63, 3.8) is 0 Å². The van der Waals surface area contributed by atoms with Gasteiger partial charge < -0.3 is 14.9 Å². The molecule has 1 aromatic carbocycles. The van der Waals surface area contributed by atoms with Gasteiger partial charge in [-0.3, -0.25) is 9.51 Å². The number of nitrogens with zero attached hydrogens (tertiary/aromatic N) is 5. The van der Waals surface area contributed by atoms with E-state index in [2.05, 4.69) is 24.8 Å². The van der Waals surface area contributed by atoms with Gasteiger partial charge in [0.2, 0.25) is 5.28 Å². The highest BCUT2D eigenvalue weighted by Gasteiger charge is 2.28. The van der Waals surface area contributed by atoms with Crippen LogP contribution in [0.5, 0.6) is 0 Å². The summed E-state index contributed by atoms with van der Waals surface area (Å²) >= 11 is 0. The van der Waals surface area contributed by atoms with Gasteiger partial charge in [-0.25, -0.2) is 4.79 Å². The molecule has 1 aromatic heterocycles. The third kappa shape index (κ3) is 4.39. The summed E-state index contributed by atoms with van der Waals surface area (Å²) < 4.78 is 4.55. The summed E-state index contributed by atoms with van der Waals surface area (Å²) in [6, 6.07) is 7.61. The molecule has 0 radical (unpaired) electrons. The van der Waals surface area contributed by atoms with Crippen LogP contribution in [-0.4, -0.2) is 51.9 Å². The zero-order valence-corrected chi connectivity index (χ0v) is 15.9. The van der Waals surface area contributed by atoms with Crippen molar-refractivity contribution in [3.05, 3.63) is 40.0 Å². The molecule has 1 fully saturated rings. The Bertz CT molecular complexity index is 869. The number of rotatable bonds is 5. The number of hydrazine groups is 1. The lowest BCUT2D eigenvalue weighted by Crippen LogP contribution is -2.42. The predicted molar refractivity (Wildman–Crippen MR) is 97.8 cm³/mol. The molecule has 1 N–H and O–H groups in total. The van der Waals surface area contributed by atoms with Gasteiger partial charge in [0.05, 0.1) is 24.1 Å². The lowest BCUT2D eigenvalue weighted by atomic mass is 10.1. The van der Waals surface area contributed by atoms with E-state index in [0.29, 0.717) is 17.3 Å². The van der Waals surface area contributed by atoms with E-state index < -0.39 is 5.76 Å². The standard InChI is InChI=1S/C17H24N6O4/c1-17(2,3)21(4)23(25)20-26-14-8-9-22(11-14)13-7-5-6-12(10-13)15-18-16(24)27-19-15/h5-7,10,14H,8-9,11H2,1-4H3,(H,18,19,24)/b23-20-/t14-/m1/s1. The average Bonchev–Trinajstić information content (AvgIpc) is 3.27. The van der Waals surface area contributed by atoms with Crippen LogP contribution in [0.15, 0.2) is 38.9 Å². The Balaban J connectivity index is 1.64. The molecule has 3 rings (SSSR count). The first-order chi connectivity index (χ1) is 12.7. The van der Waals surface area contributed by atoms with Crippen molar-refractivity contribution < 1.29 is 14.3 Å². The summed E-state index contributed by atoms with van der Waals surface area (Å²) in [6.07, 6.45) is 0.576. The van der Waals surface area contributed by atoms with Gasteiger partial charge in [0.1, 0.15) is 0 Å². The maximum absolute atomic E-state index is 12.0. The van der Waals surface area contributed by atoms with Crippen LogP contribution in [0.25, 0.3) is 11.4 Å². The Morgan fingerprint density at radius 1 is 1.48 bits per heavy atom. The van der Waals surface area contributed by atoms with E-state index in [4.69, 9.17) is 4.84 Å². The van der Waals surface area contributed by atoms with E-state index in [0.717, 1.165) is 24.2 Å². The minimum Gasteiger partial charge on any atom is -0.569 e. The van der Waals surface area contributed by atoms with Crippen LogP contribution in [0, 0.1) is 5.21 Å². The van der Waals surface area contributed by atoms with E-state index in [-0.39, 0.29) is 11.6 Å². The lowest BCUT2D eigenvalue weighted by molar-refractivity contribution is -0.720. The second-order valence-electron chi connectivity index (χ2n) is 7.48. The van der Waals surface area contributed by atoms with Gasteiger partial charge in [0, 0.05) is 24.2 Å². The summed E-state index contributed by atoms with van der Waals surface area (Å²) in [6.45, 7) is 7.13. The number of hydrogen-bond acceptors (Lipinski definition) is 7. The van der Waals surface area contributed by atoms with Gasteiger partial charge in [0.25, 0.3) is 0 Å². The number of aromatic amines is 1. The largest absolute Gasteiger partial charge is 0.569 e. The fourth-order valence-electron chi connectivity index (χ4n) is 2.67. The molecule has 0 spiro atoms. The zero-order chi connectivity index (χ0) is 19.6. The van der Waals surface area contributed by atoms with Crippen molar-refractivity contribution in [1.82, 2.24) is 15.1 Å². The first kappa shape index (κ1) is 18.7. The molecule has 146 valence electrons. The van der Waals surface area contributed by atoms with Crippen molar-refractivity contribution in [1.29, 1.82) is 0 Å². The Hall–Kier alpha value is -3.04. The molecule has 27 heavy (non-hydrogen) atoms. The molecule has 1 aliphatic rings. The van der Waals surface area contributed by atoms with Gasteiger partial charge in [0.15, 0.2) is 11.9 Å². The topological polar surface area (TPSA) is 113 Å². The second kappa shape index (κ2) is 7.29. The fourth-order valence-corrected chi connectivity index (χ4v) is 2.67. The van der Waals surface area contributed by atoms with E-state index in [1.165, 1.54) is 5.01 Å². The highest BCUT2D eigenvalue weighted by atomic mass is 16.7. The maximum Gasteiger partial charge on any atom is 0.439 e. The quantitative estimate of drug-likeness (QED) is 0.483. The van der Waals surface area contributed by atoms with Gasteiger partial charge in [-0.2, -0.15) is 0 Å². The van der Waals surface area contributed by atoms with Crippen LogP contribution >= 0.6 is 0 Å². The monoisotopic (exact) mass is 376 g/mol. The number of benzene rings is 1. The fraction of sp³-hybridized carbons (Fsp3) is 0.529. The number of anilines is 1.